The second kappa shape index (κ2) is 9.81. The SMILES string of the molecule is C=C1N(C)c2nc(Nc3ccc(C)nc3)ncc2CN1c1cc(Nc2nc3ccc(C(F)(F)F)cc3[nH]2)ccc1C. The largest absolute Gasteiger partial charge is 0.416 e. The van der Waals surface area contributed by atoms with Crippen molar-refractivity contribution in [1.82, 2.24) is 24.9 Å². The summed E-state index contributed by atoms with van der Waals surface area (Å²) in [6.07, 6.45) is -0.899. The Kier molecular flexibility index (Phi) is 6.24. The Labute approximate surface area is 233 Å². The van der Waals surface area contributed by atoms with Crippen LogP contribution in [-0.4, -0.2) is 32.0 Å². The van der Waals surface area contributed by atoms with Crippen LogP contribution in [-0.2, 0) is 12.7 Å². The van der Waals surface area contributed by atoms with Crippen LogP contribution in [0.3, 0.4) is 0 Å². The molecular formula is C29H26F3N9. The van der Waals surface area contributed by atoms with Gasteiger partial charge in [0.05, 0.1) is 35.0 Å². The number of aromatic amines is 1. The minimum absolute atomic E-state index is 0.296. The first-order valence-corrected chi connectivity index (χ1v) is 12.8. The highest BCUT2D eigenvalue weighted by atomic mass is 19.4. The van der Waals surface area contributed by atoms with Crippen LogP contribution in [0.1, 0.15) is 22.4 Å². The second-order valence-corrected chi connectivity index (χ2v) is 9.86. The van der Waals surface area contributed by atoms with E-state index in [1.54, 1.807) is 12.4 Å². The number of benzene rings is 2. The number of aryl methyl sites for hydroxylation is 2. The predicted molar refractivity (Wildman–Crippen MR) is 154 cm³/mol. The molecule has 0 aliphatic carbocycles. The fourth-order valence-corrected chi connectivity index (χ4v) is 4.68. The smallest absolute Gasteiger partial charge is 0.326 e. The van der Waals surface area contributed by atoms with E-state index in [9.17, 15) is 13.2 Å². The predicted octanol–water partition coefficient (Wildman–Crippen LogP) is 6.80. The Balaban J connectivity index is 1.25. The Morgan fingerprint density at radius 1 is 0.927 bits per heavy atom. The molecule has 4 heterocycles. The molecule has 12 heteroatoms. The highest BCUT2D eigenvalue weighted by Gasteiger charge is 2.31. The number of aromatic nitrogens is 5. The van der Waals surface area contributed by atoms with Gasteiger partial charge in [-0.1, -0.05) is 12.6 Å². The number of nitrogens with zero attached hydrogens (tertiary/aromatic N) is 6. The summed E-state index contributed by atoms with van der Waals surface area (Å²) in [5.41, 5.74) is 5.26. The minimum Gasteiger partial charge on any atom is -0.326 e. The quantitative estimate of drug-likeness (QED) is 0.217. The van der Waals surface area contributed by atoms with Crippen LogP contribution in [0.25, 0.3) is 11.0 Å². The van der Waals surface area contributed by atoms with E-state index >= 15 is 0 Å². The van der Waals surface area contributed by atoms with Crippen LogP contribution >= 0.6 is 0 Å². The number of nitrogens with one attached hydrogen (secondary N) is 3. The molecule has 0 bridgehead atoms. The first kappa shape index (κ1) is 26.1. The summed E-state index contributed by atoms with van der Waals surface area (Å²) in [6, 6.07) is 13.1. The summed E-state index contributed by atoms with van der Waals surface area (Å²) < 4.78 is 39.4. The number of pyridine rings is 1. The summed E-state index contributed by atoms with van der Waals surface area (Å²) in [7, 11) is 1.90. The molecule has 0 amide bonds. The van der Waals surface area contributed by atoms with Gasteiger partial charge in [0.2, 0.25) is 11.9 Å². The van der Waals surface area contributed by atoms with Gasteiger partial charge in [-0.05, 0) is 61.9 Å². The van der Waals surface area contributed by atoms with Crippen molar-refractivity contribution in [3.05, 3.63) is 95.7 Å². The van der Waals surface area contributed by atoms with Crippen molar-refractivity contribution < 1.29 is 13.2 Å². The molecule has 0 spiro atoms. The molecule has 9 nitrogen and oxygen atoms in total. The first-order valence-electron chi connectivity index (χ1n) is 12.8. The van der Waals surface area contributed by atoms with Crippen molar-refractivity contribution in [1.29, 1.82) is 0 Å². The van der Waals surface area contributed by atoms with Crippen LogP contribution in [0.2, 0.25) is 0 Å². The molecule has 1 aliphatic rings. The lowest BCUT2D eigenvalue weighted by atomic mass is 10.1. The van der Waals surface area contributed by atoms with E-state index in [1.807, 2.05) is 56.1 Å². The van der Waals surface area contributed by atoms with Gasteiger partial charge in [-0.3, -0.25) is 4.98 Å². The molecule has 6 rings (SSSR count). The number of anilines is 6. The Hall–Kier alpha value is -5.13. The molecule has 2 aromatic carbocycles. The standard InChI is InChI=1S/C29H26F3N9/c1-16-5-8-21(35-28-37-23-10-7-20(29(30,31)32)11-24(23)38-28)12-25(16)41-15-19-13-34-27(39-26(19)40(4)18(41)3)36-22-9-6-17(2)33-14-22/h5-14H,3,15H2,1-2,4H3,(H,34,36,39)(H2,35,37,38). The summed E-state index contributed by atoms with van der Waals surface area (Å²) in [4.78, 5) is 24.8. The molecule has 5 aromatic rings. The summed E-state index contributed by atoms with van der Waals surface area (Å²) in [5, 5.41) is 6.37. The molecule has 41 heavy (non-hydrogen) atoms. The van der Waals surface area contributed by atoms with Crippen LogP contribution in [0, 0.1) is 13.8 Å². The fraction of sp³-hybridized carbons (Fsp3) is 0.172. The maximum Gasteiger partial charge on any atom is 0.416 e. The molecule has 0 unspecified atom stereocenters. The number of imidazole rings is 1. The Morgan fingerprint density at radius 2 is 1.73 bits per heavy atom. The van der Waals surface area contributed by atoms with Gasteiger partial charge in [-0.2, -0.15) is 18.2 Å². The van der Waals surface area contributed by atoms with Crippen molar-refractivity contribution in [3.63, 3.8) is 0 Å². The van der Waals surface area contributed by atoms with Gasteiger partial charge in [0.15, 0.2) is 0 Å². The third kappa shape index (κ3) is 5.11. The molecule has 3 aromatic heterocycles. The average Bonchev–Trinajstić information content (AvgIpc) is 3.34. The van der Waals surface area contributed by atoms with E-state index in [0.29, 0.717) is 35.2 Å². The van der Waals surface area contributed by atoms with E-state index < -0.39 is 11.7 Å². The minimum atomic E-state index is -4.43. The maximum atomic E-state index is 13.1. The first-order chi connectivity index (χ1) is 19.5. The molecule has 1 aliphatic heterocycles. The fourth-order valence-electron chi connectivity index (χ4n) is 4.68. The van der Waals surface area contributed by atoms with Crippen LogP contribution in [0.15, 0.2) is 73.3 Å². The molecule has 0 atom stereocenters. The number of alkyl halides is 3. The molecule has 3 N–H and O–H groups in total. The summed E-state index contributed by atoms with van der Waals surface area (Å²) in [5.74, 6) is 2.27. The van der Waals surface area contributed by atoms with E-state index in [4.69, 9.17) is 4.98 Å². The van der Waals surface area contributed by atoms with E-state index in [0.717, 1.165) is 52.0 Å². The number of rotatable bonds is 5. The van der Waals surface area contributed by atoms with Gasteiger partial charge in [0, 0.05) is 35.9 Å². The van der Waals surface area contributed by atoms with Crippen molar-refractivity contribution in [2.75, 3.05) is 27.5 Å². The summed E-state index contributed by atoms with van der Waals surface area (Å²) >= 11 is 0. The Morgan fingerprint density at radius 3 is 2.49 bits per heavy atom. The normalized spacial score (nSPS) is 13.5. The monoisotopic (exact) mass is 557 g/mol. The molecule has 208 valence electrons. The number of hydrogen-bond donors (Lipinski definition) is 3. The Bertz CT molecular complexity index is 1780. The number of hydrogen-bond acceptors (Lipinski definition) is 8. The third-order valence-corrected chi connectivity index (χ3v) is 6.93. The van der Waals surface area contributed by atoms with Crippen molar-refractivity contribution >= 4 is 45.8 Å². The van der Waals surface area contributed by atoms with Crippen molar-refractivity contribution in [2.24, 2.45) is 0 Å². The molecular weight excluding hydrogens is 531 g/mol. The van der Waals surface area contributed by atoms with Crippen LogP contribution in [0.4, 0.5) is 47.9 Å². The van der Waals surface area contributed by atoms with Gasteiger partial charge < -0.3 is 25.4 Å². The van der Waals surface area contributed by atoms with Gasteiger partial charge in [0.1, 0.15) is 11.6 Å². The van der Waals surface area contributed by atoms with Gasteiger partial charge in [-0.25, -0.2) is 9.97 Å². The maximum absolute atomic E-state index is 13.1. The van der Waals surface area contributed by atoms with E-state index in [1.165, 1.54) is 6.07 Å². The number of H-pyrrole nitrogens is 1. The third-order valence-electron chi connectivity index (χ3n) is 6.93. The van der Waals surface area contributed by atoms with Gasteiger partial charge in [0.25, 0.3) is 0 Å². The van der Waals surface area contributed by atoms with Crippen LogP contribution in [0.5, 0.6) is 0 Å². The molecule has 0 radical (unpaired) electrons. The van der Waals surface area contributed by atoms with E-state index in [-0.39, 0.29) is 0 Å². The highest BCUT2D eigenvalue weighted by Crippen LogP contribution is 2.37. The molecule has 0 saturated carbocycles. The van der Waals surface area contributed by atoms with Gasteiger partial charge >= 0.3 is 6.18 Å². The van der Waals surface area contributed by atoms with Crippen LogP contribution < -0.4 is 20.4 Å². The zero-order chi connectivity index (χ0) is 28.9. The van der Waals surface area contributed by atoms with Crippen molar-refractivity contribution in [2.45, 2.75) is 26.6 Å². The number of halogens is 3. The van der Waals surface area contributed by atoms with Gasteiger partial charge in [-0.15, -0.1) is 0 Å². The zero-order valence-corrected chi connectivity index (χ0v) is 22.5. The lowest BCUT2D eigenvalue weighted by Gasteiger charge is -2.39. The van der Waals surface area contributed by atoms with Crippen molar-refractivity contribution in [3.8, 4) is 0 Å². The summed E-state index contributed by atoms with van der Waals surface area (Å²) in [6.45, 7) is 8.74. The topological polar surface area (TPSA) is 97.9 Å². The van der Waals surface area contributed by atoms with E-state index in [2.05, 4.69) is 42.0 Å². The second-order valence-electron chi connectivity index (χ2n) is 9.86. The average molecular weight is 558 g/mol. The lowest BCUT2D eigenvalue weighted by molar-refractivity contribution is -0.137. The molecule has 0 saturated heterocycles. The number of fused-ring (bicyclic) bond motifs is 2. The highest BCUT2D eigenvalue weighted by molar-refractivity contribution is 5.80. The molecule has 0 fully saturated rings. The lowest BCUT2D eigenvalue weighted by Crippen LogP contribution is -2.38. The zero-order valence-electron chi connectivity index (χ0n) is 22.5.